The van der Waals surface area contributed by atoms with Gasteiger partial charge in [-0.25, -0.2) is 0 Å². The average molecular weight is 480 g/mol. The number of carbonyl (C=O) groups excluding carboxylic acids is 2. The summed E-state index contributed by atoms with van der Waals surface area (Å²) < 4.78 is 6.01. The first-order valence-electron chi connectivity index (χ1n) is 9.98. The number of fused-ring (bicyclic) bond motifs is 1. The molecule has 0 radical (unpaired) electrons. The lowest BCUT2D eigenvalue weighted by molar-refractivity contribution is -0.135. The molecule has 1 aliphatic heterocycles. The topological polar surface area (TPSA) is 66.8 Å². The average Bonchev–Trinajstić information content (AvgIpc) is 2.99. The molecular weight excluding hydrogens is 458 g/mol. The summed E-state index contributed by atoms with van der Waals surface area (Å²) in [6.07, 6.45) is 0.274. The number of ketones is 1. The molecule has 0 aliphatic carbocycles. The van der Waals surface area contributed by atoms with E-state index in [0.717, 1.165) is 10.0 Å². The summed E-state index contributed by atoms with van der Waals surface area (Å²) in [5.41, 5.74) is 0.552. The van der Waals surface area contributed by atoms with Crippen LogP contribution in [0.2, 0.25) is 0 Å². The Morgan fingerprint density at radius 1 is 1.06 bits per heavy atom. The van der Waals surface area contributed by atoms with Crippen LogP contribution in [-0.4, -0.2) is 30.5 Å². The Bertz CT molecular complexity index is 1130. The summed E-state index contributed by atoms with van der Waals surface area (Å²) >= 11 is 3.42. The number of hydrogen-bond acceptors (Lipinski definition) is 4. The van der Waals surface area contributed by atoms with Gasteiger partial charge in [0, 0.05) is 16.6 Å². The first kappa shape index (κ1) is 21.3. The molecule has 1 atom stereocenters. The van der Waals surface area contributed by atoms with Crippen molar-refractivity contribution in [2.24, 2.45) is 0 Å². The van der Waals surface area contributed by atoms with Gasteiger partial charge in [0.05, 0.1) is 24.8 Å². The predicted molar refractivity (Wildman–Crippen MR) is 122 cm³/mol. The molecule has 0 saturated heterocycles. The molecule has 0 saturated carbocycles. The third-order valence-electron chi connectivity index (χ3n) is 5.58. The number of amides is 1. The van der Waals surface area contributed by atoms with Crippen molar-refractivity contribution < 1.29 is 19.4 Å². The van der Waals surface area contributed by atoms with Crippen molar-refractivity contribution in [1.82, 2.24) is 0 Å². The maximum atomic E-state index is 13.4. The number of benzene rings is 3. The Balaban J connectivity index is 1.66. The van der Waals surface area contributed by atoms with Crippen LogP contribution >= 0.6 is 15.9 Å². The minimum atomic E-state index is -1.94. The molecular formula is C25H22BrNO4. The molecule has 0 unspecified atom stereocenters. The van der Waals surface area contributed by atoms with Gasteiger partial charge >= 0.3 is 0 Å². The van der Waals surface area contributed by atoms with Crippen LogP contribution < -0.4 is 9.64 Å². The van der Waals surface area contributed by atoms with Gasteiger partial charge in [-0.2, -0.15) is 0 Å². The quantitative estimate of drug-likeness (QED) is 0.506. The van der Waals surface area contributed by atoms with Crippen molar-refractivity contribution in [3.63, 3.8) is 0 Å². The van der Waals surface area contributed by atoms with E-state index in [-0.39, 0.29) is 12.2 Å². The zero-order valence-corrected chi connectivity index (χ0v) is 18.6. The van der Waals surface area contributed by atoms with Gasteiger partial charge in [0.2, 0.25) is 0 Å². The summed E-state index contributed by atoms with van der Waals surface area (Å²) in [7, 11) is 1.49. The second-order valence-corrected chi connectivity index (χ2v) is 8.43. The van der Waals surface area contributed by atoms with Crippen LogP contribution in [0.15, 0.2) is 77.3 Å². The van der Waals surface area contributed by atoms with Gasteiger partial charge in [-0.3, -0.25) is 9.59 Å². The first-order valence-corrected chi connectivity index (χ1v) is 10.8. The predicted octanol–water partition coefficient (Wildman–Crippen LogP) is 4.51. The Morgan fingerprint density at radius 2 is 1.77 bits per heavy atom. The molecule has 0 spiro atoms. The summed E-state index contributed by atoms with van der Waals surface area (Å²) in [5.74, 6) is -0.430. The van der Waals surface area contributed by atoms with Crippen molar-refractivity contribution in [3.05, 3.63) is 94.0 Å². The summed E-state index contributed by atoms with van der Waals surface area (Å²) in [6.45, 7) is 0.405. The second kappa shape index (κ2) is 8.65. The lowest BCUT2D eigenvalue weighted by Gasteiger charge is -2.23. The van der Waals surface area contributed by atoms with Crippen LogP contribution in [0.4, 0.5) is 5.69 Å². The number of Topliss-reactive ketones (excluding diaryl/α,β-unsaturated/α-hetero) is 1. The second-order valence-electron chi connectivity index (χ2n) is 7.51. The fourth-order valence-corrected chi connectivity index (χ4v) is 4.36. The Morgan fingerprint density at radius 3 is 2.52 bits per heavy atom. The lowest BCUT2D eigenvalue weighted by atomic mass is 9.88. The van der Waals surface area contributed by atoms with Crippen molar-refractivity contribution in [1.29, 1.82) is 0 Å². The van der Waals surface area contributed by atoms with Crippen LogP contribution in [0.3, 0.4) is 0 Å². The highest BCUT2D eigenvalue weighted by molar-refractivity contribution is 9.10. The molecule has 3 aromatic carbocycles. The van der Waals surface area contributed by atoms with Crippen LogP contribution in [0.25, 0.3) is 0 Å². The SMILES string of the molecule is COc1ccccc1C(=O)C[C@]1(O)C(=O)N(CCc2ccccc2)c2ccc(Br)cc21. The van der Waals surface area contributed by atoms with Crippen molar-refractivity contribution in [2.45, 2.75) is 18.4 Å². The van der Waals surface area contributed by atoms with Gasteiger partial charge in [0.1, 0.15) is 5.75 Å². The minimum Gasteiger partial charge on any atom is -0.496 e. The standard InChI is InChI=1S/C25H22BrNO4/c1-31-23-10-6-5-9-19(23)22(28)16-25(30)20-15-18(26)11-12-21(20)27(24(25)29)14-13-17-7-3-2-4-8-17/h2-12,15,30H,13-14,16H2,1H3/t25-/m1/s1. The van der Waals surface area contributed by atoms with E-state index < -0.39 is 11.5 Å². The van der Waals surface area contributed by atoms with Crippen molar-refractivity contribution in [2.75, 3.05) is 18.6 Å². The molecule has 4 rings (SSSR count). The number of halogens is 1. The maximum Gasteiger partial charge on any atom is 0.264 e. The smallest absolute Gasteiger partial charge is 0.264 e. The first-order chi connectivity index (χ1) is 14.9. The monoisotopic (exact) mass is 479 g/mol. The third-order valence-corrected chi connectivity index (χ3v) is 6.08. The number of methoxy groups -OCH3 is 1. The molecule has 1 heterocycles. The molecule has 1 amide bonds. The van der Waals surface area contributed by atoms with E-state index in [0.29, 0.717) is 35.5 Å². The largest absolute Gasteiger partial charge is 0.496 e. The van der Waals surface area contributed by atoms with Crippen molar-refractivity contribution in [3.8, 4) is 5.75 Å². The highest BCUT2D eigenvalue weighted by atomic mass is 79.9. The molecule has 0 fully saturated rings. The van der Waals surface area contributed by atoms with Crippen LogP contribution in [0, 0.1) is 0 Å². The van der Waals surface area contributed by atoms with E-state index in [1.54, 1.807) is 41.3 Å². The molecule has 158 valence electrons. The molecule has 3 aromatic rings. The van der Waals surface area contributed by atoms with E-state index >= 15 is 0 Å². The van der Waals surface area contributed by atoms with Crippen LogP contribution in [0.1, 0.15) is 27.9 Å². The zero-order chi connectivity index (χ0) is 22.0. The Labute approximate surface area is 189 Å². The van der Waals surface area contributed by atoms with Gasteiger partial charge in [-0.1, -0.05) is 58.4 Å². The van der Waals surface area contributed by atoms with E-state index in [1.807, 2.05) is 36.4 Å². The van der Waals surface area contributed by atoms with Crippen LogP contribution in [0.5, 0.6) is 5.75 Å². The molecule has 5 nitrogen and oxygen atoms in total. The molecule has 1 N–H and O–H groups in total. The highest BCUT2D eigenvalue weighted by Gasteiger charge is 2.51. The molecule has 1 aliphatic rings. The summed E-state index contributed by atoms with van der Waals surface area (Å²) in [6, 6.07) is 22.0. The number of hydrogen-bond donors (Lipinski definition) is 1. The third kappa shape index (κ3) is 4.01. The Kier molecular flexibility index (Phi) is 5.94. The van der Waals surface area contributed by atoms with Gasteiger partial charge in [0.15, 0.2) is 11.4 Å². The fourth-order valence-electron chi connectivity index (χ4n) is 4.00. The summed E-state index contributed by atoms with van der Waals surface area (Å²) in [4.78, 5) is 28.1. The number of nitrogens with zero attached hydrogens (tertiary/aromatic N) is 1. The van der Waals surface area contributed by atoms with Gasteiger partial charge in [0.25, 0.3) is 5.91 Å². The van der Waals surface area contributed by atoms with Gasteiger partial charge < -0.3 is 14.7 Å². The number of rotatable bonds is 7. The highest BCUT2D eigenvalue weighted by Crippen LogP contribution is 2.44. The lowest BCUT2D eigenvalue weighted by Crippen LogP contribution is -2.42. The van der Waals surface area contributed by atoms with E-state index in [1.165, 1.54) is 7.11 Å². The summed E-state index contributed by atoms with van der Waals surface area (Å²) in [5, 5.41) is 11.5. The number of carbonyl (C=O) groups is 2. The van der Waals surface area contributed by atoms with Gasteiger partial charge in [-0.05, 0) is 42.3 Å². The Hall–Kier alpha value is -2.96. The van der Waals surface area contributed by atoms with E-state index in [4.69, 9.17) is 4.74 Å². The molecule has 0 aromatic heterocycles. The van der Waals surface area contributed by atoms with Gasteiger partial charge in [-0.15, -0.1) is 0 Å². The maximum absolute atomic E-state index is 13.4. The van der Waals surface area contributed by atoms with Crippen molar-refractivity contribution >= 4 is 33.3 Å². The van der Waals surface area contributed by atoms with E-state index in [2.05, 4.69) is 15.9 Å². The number of ether oxygens (including phenoxy) is 1. The fraction of sp³-hybridized carbons (Fsp3) is 0.200. The molecule has 6 heteroatoms. The molecule has 0 bridgehead atoms. The molecule has 31 heavy (non-hydrogen) atoms. The zero-order valence-electron chi connectivity index (χ0n) is 17.0. The minimum absolute atomic E-state index is 0.338. The normalized spacial score (nSPS) is 17.5. The number of anilines is 1. The number of para-hydroxylation sites is 1. The number of aliphatic hydroxyl groups is 1. The van der Waals surface area contributed by atoms with Crippen LogP contribution in [-0.2, 0) is 16.8 Å². The van der Waals surface area contributed by atoms with E-state index in [9.17, 15) is 14.7 Å².